The van der Waals surface area contributed by atoms with Crippen LogP contribution in [0.5, 0.6) is 11.5 Å². The fraction of sp³-hybridized carbons (Fsp3) is 0.586. The summed E-state index contributed by atoms with van der Waals surface area (Å²) in [4.78, 5) is 47.2. The first-order valence-corrected chi connectivity index (χ1v) is 14.2. The minimum Gasteiger partial charge on any atom is -0.486 e. The number of alkyl carbamates (subject to hydrolysis) is 1. The van der Waals surface area contributed by atoms with E-state index in [0.29, 0.717) is 76.5 Å². The van der Waals surface area contributed by atoms with E-state index in [2.05, 4.69) is 15.2 Å². The van der Waals surface area contributed by atoms with Gasteiger partial charge in [-0.25, -0.2) is 4.79 Å². The predicted molar refractivity (Wildman–Crippen MR) is 147 cm³/mol. The Balaban J connectivity index is 1.22. The van der Waals surface area contributed by atoms with Crippen LogP contribution < -0.4 is 25.2 Å². The maximum atomic E-state index is 13.1. The van der Waals surface area contributed by atoms with Crippen LogP contribution in [0.4, 0.5) is 10.6 Å². The number of amides is 2. The second-order valence-electron chi connectivity index (χ2n) is 12.1. The fourth-order valence-corrected chi connectivity index (χ4v) is 6.28. The number of likely N-dealkylation sites (tertiary alicyclic amines) is 1. The maximum Gasteiger partial charge on any atom is 0.407 e. The van der Waals surface area contributed by atoms with Crippen molar-refractivity contribution in [2.75, 3.05) is 31.2 Å². The average molecular weight is 552 g/mol. The number of carbonyl (C=O) groups excluding carboxylic acids is 2. The molecule has 6 rings (SSSR count). The Morgan fingerprint density at radius 1 is 1.12 bits per heavy atom. The first-order chi connectivity index (χ1) is 19.1. The lowest BCUT2D eigenvalue weighted by molar-refractivity contribution is -0.119. The number of hydrogen-bond acceptors (Lipinski definition) is 8. The Hall–Kier alpha value is -3.60. The predicted octanol–water partition coefficient (Wildman–Crippen LogP) is 2.28. The molecule has 0 saturated carbocycles. The molecule has 4 aliphatic rings. The number of aryl methyl sites for hydroxylation is 1. The first-order valence-electron chi connectivity index (χ1n) is 14.2. The highest BCUT2D eigenvalue weighted by molar-refractivity contribution is 5.96. The molecule has 1 fully saturated rings. The third-order valence-electron chi connectivity index (χ3n) is 8.02. The van der Waals surface area contributed by atoms with E-state index in [-0.39, 0.29) is 35.2 Å². The van der Waals surface area contributed by atoms with E-state index in [9.17, 15) is 14.4 Å². The molecule has 2 aromatic heterocycles. The van der Waals surface area contributed by atoms with Gasteiger partial charge in [0, 0.05) is 68.3 Å². The molecule has 6 heterocycles. The number of ether oxygens (including phenoxy) is 3. The lowest BCUT2D eigenvalue weighted by Gasteiger charge is -2.41. The summed E-state index contributed by atoms with van der Waals surface area (Å²) in [6.45, 7) is 8.55. The van der Waals surface area contributed by atoms with Gasteiger partial charge in [-0.2, -0.15) is 0 Å². The molecule has 3 atom stereocenters. The fourth-order valence-electron chi connectivity index (χ4n) is 6.28. The maximum absolute atomic E-state index is 13.1. The number of rotatable bonds is 5. The lowest BCUT2D eigenvalue weighted by atomic mass is 9.94. The molecule has 214 valence electrons. The number of hydrogen-bond donors (Lipinski definition) is 1. The van der Waals surface area contributed by atoms with E-state index in [1.165, 1.54) is 0 Å². The van der Waals surface area contributed by atoms with E-state index in [1.54, 1.807) is 16.8 Å². The Morgan fingerprint density at radius 2 is 1.93 bits per heavy atom. The summed E-state index contributed by atoms with van der Waals surface area (Å²) in [5, 5.41) is 2.89. The summed E-state index contributed by atoms with van der Waals surface area (Å²) in [7, 11) is 0. The van der Waals surface area contributed by atoms with Gasteiger partial charge >= 0.3 is 6.09 Å². The number of carbonyl (C=O) groups is 2. The number of piperidine rings is 1. The number of fused-ring (bicyclic) bond motifs is 1. The average Bonchev–Trinajstić information content (AvgIpc) is 3.29. The molecule has 11 heteroatoms. The van der Waals surface area contributed by atoms with Crippen molar-refractivity contribution in [2.45, 2.75) is 83.1 Å². The third-order valence-corrected chi connectivity index (χ3v) is 8.02. The van der Waals surface area contributed by atoms with Crippen LogP contribution in [0.3, 0.4) is 0 Å². The van der Waals surface area contributed by atoms with Crippen LogP contribution >= 0.6 is 0 Å². The smallest absolute Gasteiger partial charge is 0.407 e. The molecular formula is C29H37N5O6. The SMILES string of the molecule is CC(C)(C)NC(=O)OC1CCN(CC2Cn3c4c(ccc3=O)CCC(=O)N42)C(Cc2cc3c(cn2)OCCO3)C1. The van der Waals surface area contributed by atoms with Crippen LogP contribution in [0.15, 0.2) is 29.2 Å². The van der Waals surface area contributed by atoms with Crippen molar-refractivity contribution in [3.63, 3.8) is 0 Å². The van der Waals surface area contributed by atoms with Gasteiger partial charge in [-0.3, -0.25) is 28.9 Å². The second-order valence-corrected chi connectivity index (χ2v) is 12.1. The Morgan fingerprint density at radius 3 is 2.73 bits per heavy atom. The summed E-state index contributed by atoms with van der Waals surface area (Å²) in [6, 6.07) is 5.26. The lowest BCUT2D eigenvalue weighted by Crippen LogP contribution is -2.54. The Kier molecular flexibility index (Phi) is 6.93. The Bertz CT molecular complexity index is 1370. The van der Waals surface area contributed by atoms with E-state index in [4.69, 9.17) is 14.2 Å². The highest BCUT2D eigenvalue weighted by Crippen LogP contribution is 2.35. The van der Waals surface area contributed by atoms with Gasteiger partial charge in [0.15, 0.2) is 11.5 Å². The van der Waals surface area contributed by atoms with Crippen molar-refractivity contribution < 1.29 is 23.8 Å². The summed E-state index contributed by atoms with van der Waals surface area (Å²) in [5.74, 6) is 2.16. The van der Waals surface area contributed by atoms with Crippen molar-refractivity contribution in [2.24, 2.45) is 0 Å². The van der Waals surface area contributed by atoms with Crippen LogP contribution in [0, 0.1) is 0 Å². The molecule has 0 aromatic carbocycles. The number of nitrogens with zero attached hydrogens (tertiary/aromatic N) is 4. The first kappa shape index (κ1) is 26.6. The molecule has 1 saturated heterocycles. The molecule has 2 amide bonds. The van der Waals surface area contributed by atoms with Gasteiger partial charge in [0.05, 0.1) is 12.2 Å². The van der Waals surface area contributed by atoms with E-state index < -0.39 is 6.09 Å². The van der Waals surface area contributed by atoms with Gasteiger partial charge in [-0.05, 0) is 45.2 Å². The van der Waals surface area contributed by atoms with Crippen molar-refractivity contribution in [3.05, 3.63) is 46.0 Å². The zero-order valence-corrected chi connectivity index (χ0v) is 23.4. The zero-order chi connectivity index (χ0) is 28.0. The van der Waals surface area contributed by atoms with Crippen LogP contribution in [0.25, 0.3) is 0 Å². The van der Waals surface area contributed by atoms with Crippen molar-refractivity contribution in [3.8, 4) is 11.5 Å². The molecule has 2 aromatic rings. The molecular weight excluding hydrogens is 514 g/mol. The normalized spacial score (nSPS) is 24.0. The number of aromatic nitrogens is 2. The molecule has 0 aliphatic carbocycles. The minimum atomic E-state index is -0.417. The van der Waals surface area contributed by atoms with Crippen LogP contribution in [0.2, 0.25) is 0 Å². The summed E-state index contributed by atoms with van der Waals surface area (Å²) in [5.41, 5.74) is 1.45. The molecule has 40 heavy (non-hydrogen) atoms. The van der Waals surface area contributed by atoms with Crippen molar-refractivity contribution in [1.82, 2.24) is 19.8 Å². The second kappa shape index (κ2) is 10.4. The molecule has 4 aliphatic heterocycles. The molecule has 0 radical (unpaired) electrons. The molecule has 0 bridgehead atoms. The van der Waals surface area contributed by atoms with Gasteiger partial charge in [0.25, 0.3) is 5.56 Å². The van der Waals surface area contributed by atoms with Crippen LogP contribution in [-0.2, 0) is 28.9 Å². The molecule has 11 nitrogen and oxygen atoms in total. The number of nitrogens with one attached hydrogen (secondary N) is 1. The molecule has 3 unspecified atom stereocenters. The summed E-state index contributed by atoms with van der Waals surface area (Å²) < 4.78 is 19.0. The quantitative estimate of drug-likeness (QED) is 0.602. The van der Waals surface area contributed by atoms with Gasteiger partial charge in [0.2, 0.25) is 5.91 Å². The Labute approximate surface area is 233 Å². The van der Waals surface area contributed by atoms with Crippen molar-refractivity contribution in [1.29, 1.82) is 0 Å². The number of pyridine rings is 2. The van der Waals surface area contributed by atoms with Crippen molar-refractivity contribution >= 4 is 17.8 Å². The van der Waals surface area contributed by atoms with Gasteiger partial charge in [-0.15, -0.1) is 0 Å². The van der Waals surface area contributed by atoms with Crippen LogP contribution in [-0.4, -0.2) is 76.5 Å². The standard InChI is InChI=1S/C29H37N5O6/c1-29(2,3)31-28(37)40-22-8-9-32(20(14-22)12-19-13-23-24(15-30-19)39-11-10-38-23)16-21-17-33-25(35)6-4-18-5-7-26(36)34(21)27(18)33/h4,6,13,15,20-22H,5,7-12,14,16-17H2,1-3H3,(H,31,37). The van der Waals surface area contributed by atoms with Gasteiger partial charge in [0.1, 0.15) is 25.1 Å². The largest absolute Gasteiger partial charge is 0.486 e. The highest BCUT2D eigenvalue weighted by Gasteiger charge is 2.41. The summed E-state index contributed by atoms with van der Waals surface area (Å²) >= 11 is 0. The zero-order valence-electron chi connectivity index (χ0n) is 23.4. The van der Waals surface area contributed by atoms with Gasteiger partial charge in [-0.1, -0.05) is 0 Å². The van der Waals surface area contributed by atoms with Gasteiger partial charge < -0.3 is 19.5 Å². The van der Waals surface area contributed by atoms with Crippen LogP contribution in [0.1, 0.15) is 51.3 Å². The monoisotopic (exact) mass is 551 g/mol. The molecule has 0 spiro atoms. The summed E-state index contributed by atoms with van der Waals surface area (Å²) in [6.07, 6.45) is 4.09. The minimum absolute atomic E-state index is 0.0102. The third kappa shape index (κ3) is 5.39. The highest BCUT2D eigenvalue weighted by atomic mass is 16.6. The van der Waals surface area contributed by atoms with E-state index in [0.717, 1.165) is 17.1 Å². The number of anilines is 1. The van der Waals surface area contributed by atoms with E-state index in [1.807, 2.05) is 37.8 Å². The molecule has 1 N–H and O–H groups in total. The van der Waals surface area contributed by atoms with E-state index >= 15 is 0 Å². The topological polar surface area (TPSA) is 115 Å².